The van der Waals surface area contributed by atoms with Crippen LogP contribution in [0.1, 0.15) is 146 Å². The van der Waals surface area contributed by atoms with Crippen molar-refractivity contribution in [3.63, 3.8) is 0 Å². The van der Waals surface area contributed by atoms with Crippen LogP contribution in [0.4, 0.5) is 0 Å². The number of hydrogen-bond acceptors (Lipinski definition) is 19. The smallest absolute Gasteiger partial charge is 0.391 e. The zero-order valence-corrected chi connectivity index (χ0v) is 52.9. The maximum absolute atomic E-state index is 14.4. The number of nitrogens with two attached hydrogens (primary N) is 4. The molecule has 1 fully saturated rings. The van der Waals surface area contributed by atoms with Crippen molar-refractivity contribution in [3.05, 3.63) is 0 Å². The molecule has 33 heteroatoms. The molecule has 502 valence electrons. The molecule has 1 saturated heterocycles. The zero-order chi connectivity index (χ0) is 66.9. The van der Waals surface area contributed by atoms with Gasteiger partial charge in [0.05, 0.1) is 12.2 Å². The Bertz CT molecular complexity index is 2320. The van der Waals surface area contributed by atoms with Crippen molar-refractivity contribution in [2.45, 2.75) is 219 Å². The average molecular weight is 1270 g/mol. The number of hydrogen-bond donors (Lipinski definition) is 19. The molecule has 0 saturated carbocycles. The lowest BCUT2D eigenvalue weighted by atomic mass is 9.98. The van der Waals surface area contributed by atoms with Crippen LogP contribution >= 0.6 is 0 Å². The Hall–Kier alpha value is -6.20. The highest BCUT2D eigenvalue weighted by Gasteiger charge is 2.38. The SMILES string of the molecule is CCC(C)CCCC(=O)N[C@@H](CCN)C(=O)N[C@H](C(=O)N[C@@H](CCN)C(=O)N[C@H]1CCNC(=O)[C@H]([C@@H](C)O)NC(=O)[C@H](CCN)NC(=O)[C@H](CC(C)C)NC(=O)[C@H](CC(C)C)NC(=O)[C@@H](CC(C)C)NC(=O)[C@H](CCN)NC1=O)[C@@H](C)O.O=S(=O)(O)O. The third kappa shape index (κ3) is 33.7. The molecule has 0 aromatic heterocycles. The van der Waals surface area contributed by atoms with Gasteiger partial charge in [0, 0.05) is 13.0 Å². The van der Waals surface area contributed by atoms with E-state index in [-0.39, 0.29) is 95.3 Å². The van der Waals surface area contributed by atoms with Gasteiger partial charge < -0.3 is 91.6 Å². The summed E-state index contributed by atoms with van der Waals surface area (Å²) < 4.78 is 31.6. The van der Waals surface area contributed by atoms with Crippen molar-refractivity contribution >= 4 is 75.4 Å². The Balaban J connectivity index is 0.0000141. The lowest BCUT2D eigenvalue weighted by molar-refractivity contribution is -0.137. The lowest BCUT2D eigenvalue weighted by Gasteiger charge is -2.29. The fraction of sp³-hybridized carbons (Fsp3) is 0.796. The number of carbonyl (C=O) groups is 11. The van der Waals surface area contributed by atoms with Crippen molar-refractivity contribution in [1.82, 2.24) is 58.5 Å². The first-order valence-electron chi connectivity index (χ1n) is 29.7. The average Bonchev–Trinajstić information content (AvgIpc) is 3.48. The maximum Gasteiger partial charge on any atom is 0.394 e. The number of aliphatic hydroxyl groups excluding tert-OH is 2. The third-order valence-corrected chi connectivity index (χ3v) is 13.7. The number of aliphatic hydroxyl groups is 2. The molecule has 0 radical (unpaired) electrons. The van der Waals surface area contributed by atoms with Gasteiger partial charge in [-0.3, -0.25) is 61.8 Å². The van der Waals surface area contributed by atoms with Gasteiger partial charge in [-0.25, -0.2) is 0 Å². The minimum absolute atomic E-state index is 0.0119. The van der Waals surface area contributed by atoms with Crippen molar-refractivity contribution < 1.29 is 80.5 Å². The van der Waals surface area contributed by atoms with E-state index in [2.05, 4.69) is 65.4 Å². The van der Waals surface area contributed by atoms with Gasteiger partial charge in [0.15, 0.2) is 0 Å². The first-order chi connectivity index (χ1) is 40.5. The predicted molar refractivity (Wildman–Crippen MR) is 321 cm³/mol. The molecule has 0 aromatic carbocycles. The van der Waals surface area contributed by atoms with Crippen molar-refractivity contribution in [2.24, 2.45) is 46.6 Å². The van der Waals surface area contributed by atoms with Gasteiger partial charge in [0.1, 0.15) is 60.4 Å². The molecule has 1 unspecified atom stereocenters. The normalized spacial score (nSPS) is 22.8. The Kier molecular flexibility index (Phi) is 38.9. The largest absolute Gasteiger partial charge is 0.394 e. The summed E-state index contributed by atoms with van der Waals surface area (Å²) in [6.45, 7) is 16.4. The molecule has 0 spiro atoms. The highest BCUT2D eigenvalue weighted by atomic mass is 32.3. The highest BCUT2D eigenvalue weighted by Crippen LogP contribution is 2.14. The van der Waals surface area contributed by atoms with Crippen molar-refractivity contribution in [1.29, 1.82) is 0 Å². The molecule has 11 amide bonds. The summed E-state index contributed by atoms with van der Waals surface area (Å²) in [5, 5.41) is 49.9. The summed E-state index contributed by atoms with van der Waals surface area (Å²) >= 11 is 0. The third-order valence-electron chi connectivity index (χ3n) is 13.7. The minimum Gasteiger partial charge on any atom is -0.391 e. The molecule has 0 aliphatic carbocycles. The topological polar surface area (TPSA) is 539 Å². The summed E-state index contributed by atoms with van der Waals surface area (Å²) in [4.78, 5) is 153. The second kappa shape index (κ2) is 41.9. The van der Waals surface area contributed by atoms with E-state index in [0.29, 0.717) is 12.3 Å². The van der Waals surface area contributed by atoms with Gasteiger partial charge in [0.2, 0.25) is 65.0 Å². The second-order valence-electron chi connectivity index (χ2n) is 23.1. The van der Waals surface area contributed by atoms with E-state index in [1.54, 1.807) is 13.8 Å². The molecule has 1 heterocycles. The van der Waals surface area contributed by atoms with E-state index in [9.17, 15) is 63.0 Å². The van der Waals surface area contributed by atoms with E-state index in [1.165, 1.54) is 13.8 Å². The summed E-state index contributed by atoms with van der Waals surface area (Å²) in [6, 6.07) is -14.3. The molecule has 1 aliphatic heterocycles. The first-order valence-corrected chi connectivity index (χ1v) is 31.1. The van der Waals surface area contributed by atoms with Crippen molar-refractivity contribution in [2.75, 3.05) is 32.7 Å². The molecule has 23 N–H and O–H groups in total. The highest BCUT2D eigenvalue weighted by molar-refractivity contribution is 7.79. The number of rotatable bonds is 28. The van der Waals surface area contributed by atoms with Crippen LogP contribution in [0, 0.1) is 23.7 Å². The molecule has 0 aromatic rings. The van der Waals surface area contributed by atoms with Crippen LogP contribution in [0.15, 0.2) is 0 Å². The molecule has 0 bridgehead atoms. The standard InChI is InChI=1S/C54H101N15O13.H2O4S/c1-11-31(8)13-12-14-42(72)60-34(15-20-55)48(76)69-44(33(10)71)54(82)64-36(17-22-57)45(73)63-38-19-24-59-53(81)43(32(9)70)68-49(77)37(18-23-58)62-50(78)39(25-28(2)3)66-52(80)41(27-30(6)7)67-51(79)40(26-29(4)5)65-46(74)35(16-21-56)61-47(38)75;1-5(2,3)4/h28-41,43-44,70-71H,11-27,55-58H2,1-10H3,(H,59,81)(H,60,72)(H,61,75)(H,62,78)(H,63,73)(H,64,82)(H,65,74)(H,66,80)(H,67,79)(H,68,77)(H,69,76);(H2,1,2,3,4)/t31?,32-,33-,34+,35+,36+,37+,38+,39+,40-,41+,43+,44+;/m1./s1. The van der Waals surface area contributed by atoms with Gasteiger partial charge in [-0.05, 0) is 121 Å². The van der Waals surface area contributed by atoms with Crippen LogP contribution in [-0.2, 0) is 63.1 Å². The second-order valence-corrected chi connectivity index (χ2v) is 24.0. The number of nitrogens with one attached hydrogen (secondary N) is 11. The van der Waals surface area contributed by atoms with Crippen LogP contribution in [0.2, 0.25) is 0 Å². The Morgan fingerprint density at radius 2 is 0.943 bits per heavy atom. The van der Waals surface area contributed by atoms with Gasteiger partial charge in [-0.1, -0.05) is 68.2 Å². The number of amides is 11. The Morgan fingerprint density at radius 1 is 0.540 bits per heavy atom. The van der Waals surface area contributed by atoms with Crippen LogP contribution in [0.3, 0.4) is 0 Å². The Labute approximate surface area is 510 Å². The van der Waals surface area contributed by atoms with Gasteiger partial charge in [-0.2, -0.15) is 8.42 Å². The van der Waals surface area contributed by atoms with Gasteiger partial charge >= 0.3 is 10.4 Å². The predicted octanol–water partition coefficient (Wildman–Crippen LogP) is -4.79. The molecule has 1 aliphatic rings. The van der Waals surface area contributed by atoms with E-state index >= 15 is 0 Å². The van der Waals surface area contributed by atoms with Crippen LogP contribution < -0.4 is 81.4 Å². The molecular formula is C54H103N15O17S. The van der Waals surface area contributed by atoms with Gasteiger partial charge in [0.25, 0.3) is 0 Å². The Morgan fingerprint density at radius 3 is 1.33 bits per heavy atom. The maximum atomic E-state index is 14.4. The zero-order valence-electron chi connectivity index (χ0n) is 52.1. The summed E-state index contributed by atoms with van der Waals surface area (Å²) in [7, 11) is -4.67. The van der Waals surface area contributed by atoms with Crippen LogP contribution in [0.25, 0.3) is 0 Å². The summed E-state index contributed by atoms with van der Waals surface area (Å²) in [6.07, 6.45) is -1.47. The quantitative estimate of drug-likeness (QED) is 0.0327. The molecule has 32 nitrogen and oxygen atoms in total. The summed E-state index contributed by atoms with van der Waals surface area (Å²) in [5.41, 5.74) is 23.4. The van der Waals surface area contributed by atoms with Crippen LogP contribution in [-0.4, -0.2) is 198 Å². The molecular weight excluding hydrogens is 1160 g/mol. The summed E-state index contributed by atoms with van der Waals surface area (Å²) in [5.74, 6) is -9.50. The fourth-order valence-corrected chi connectivity index (χ4v) is 8.86. The molecule has 1 rings (SSSR count). The van der Waals surface area contributed by atoms with Crippen LogP contribution in [0.5, 0.6) is 0 Å². The first kappa shape index (κ1) is 80.8. The van der Waals surface area contributed by atoms with E-state index < -0.39 is 161 Å². The lowest BCUT2D eigenvalue weighted by Crippen LogP contribution is -2.62. The van der Waals surface area contributed by atoms with E-state index in [0.717, 1.165) is 12.8 Å². The van der Waals surface area contributed by atoms with E-state index in [4.69, 9.17) is 40.5 Å². The van der Waals surface area contributed by atoms with Gasteiger partial charge in [-0.15, -0.1) is 0 Å². The minimum atomic E-state index is -4.67. The van der Waals surface area contributed by atoms with E-state index in [1.807, 2.05) is 34.6 Å². The fourth-order valence-electron chi connectivity index (χ4n) is 8.86. The monoisotopic (exact) mass is 1270 g/mol. The molecule has 87 heavy (non-hydrogen) atoms. The van der Waals surface area contributed by atoms with Crippen molar-refractivity contribution in [3.8, 4) is 0 Å². The molecule has 13 atom stereocenters. The number of carbonyl (C=O) groups excluding carboxylic acids is 11.